The van der Waals surface area contributed by atoms with E-state index in [1.165, 1.54) is 6.42 Å². The van der Waals surface area contributed by atoms with E-state index < -0.39 is 0 Å². The summed E-state index contributed by atoms with van der Waals surface area (Å²) in [5, 5.41) is 3.06. The fraction of sp³-hybridized carbons (Fsp3) is 0.467. The lowest BCUT2D eigenvalue weighted by molar-refractivity contribution is -0.117. The maximum atomic E-state index is 11.8. The van der Waals surface area contributed by atoms with Crippen molar-refractivity contribution in [1.82, 2.24) is 10.3 Å². The van der Waals surface area contributed by atoms with Crippen LogP contribution in [0, 0.1) is 5.41 Å². The molecule has 1 aliphatic carbocycles. The molecule has 1 aliphatic rings. The number of carbonyl (C=O) groups excluding carboxylic acids is 1. The van der Waals surface area contributed by atoms with Gasteiger partial charge in [-0.15, -0.1) is 0 Å². The van der Waals surface area contributed by atoms with E-state index in [-0.39, 0.29) is 5.91 Å². The van der Waals surface area contributed by atoms with Gasteiger partial charge in [0.2, 0.25) is 5.91 Å². The Kier molecular flexibility index (Phi) is 3.80. The quantitative estimate of drug-likeness (QED) is 0.831. The van der Waals surface area contributed by atoms with E-state index in [1.807, 2.05) is 12.1 Å². The smallest absolute Gasteiger partial charge is 0.244 e. The van der Waals surface area contributed by atoms with Crippen molar-refractivity contribution in [3.05, 3.63) is 36.2 Å². The summed E-state index contributed by atoms with van der Waals surface area (Å²) in [5.74, 6) is -0.0125. The second-order valence-corrected chi connectivity index (χ2v) is 5.73. The summed E-state index contributed by atoms with van der Waals surface area (Å²) in [6.07, 6.45) is 10.2. The molecule has 1 saturated carbocycles. The van der Waals surface area contributed by atoms with Gasteiger partial charge in [0.1, 0.15) is 0 Å². The highest BCUT2D eigenvalue weighted by atomic mass is 16.1. The van der Waals surface area contributed by atoms with Crippen molar-refractivity contribution in [1.29, 1.82) is 0 Å². The van der Waals surface area contributed by atoms with Crippen LogP contribution in [0.15, 0.2) is 30.6 Å². The van der Waals surface area contributed by atoms with Gasteiger partial charge in [0, 0.05) is 24.5 Å². The minimum atomic E-state index is -0.0125. The molecule has 0 radical (unpaired) electrons. The average Bonchev–Trinajstić information content (AvgIpc) is 2.67. The average molecular weight is 244 g/mol. The molecular formula is C15H20N2O. The summed E-state index contributed by atoms with van der Waals surface area (Å²) >= 11 is 0. The Labute approximate surface area is 108 Å². The lowest BCUT2D eigenvalue weighted by Gasteiger charge is -2.17. The Balaban J connectivity index is 1.85. The van der Waals surface area contributed by atoms with E-state index in [1.54, 1.807) is 24.5 Å². The fourth-order valence-corrected chi connectivity index (χ4v) is 2.46. The predicted octanol–water partition coefficient (Wildman–Crippen LogP) is 2.79. The second kappa shape index (κ2) is 5.34. The van der Waals surface area contributed by atoms with Crippen LogP contribution in [0.3, 0.4) is 0 Å². The van der Waals surface area contributed by atoms with Gasteiger partial charge in [-0.1, -0.05) is 19.9 Å². The molecule has 3 nitrogen and oxygen atoms in total. The van der Waals surface area contributed by atoms with Crippen LogP contribution in [0.2, 0.25) is 0 Å². The topological polar surface area (TPSA) is 42.0 Å². The van der Waals surface area contributed by atoms with Crippen LogP contribution in [-0.4, -0.2) is 16.9 Å². The molecule has 0 saturated heterocycles. The molecule has 1 unspecified atom stereocenters. The number of carbonyl (C=O) groups is 1. The maximum Gasteiger partial charge on any atom is 0.244 e. The highest BCUT2D eigenvalue weighted by molar-refractivity contribution is 5.91. The van der Waals surface area contributed by atoms with Crippen molar-refractivity contribution in [2.45, 2.75) is 39.2 Å². The van der Waals surface area contributed by atoms with Crippen LogP contribution >= 0.6 is 0 Å². The molecule has 3 heteroatoms. The number of nitrogens with zero attached hydrogens (tertiary/aromatic N) is 1. The van der Waals surface area contributed by atoms with Gasteiger partial charge in [-0.25, -0.2) is 0 Å². The third-order valence-electron chi connectivity index (χ3n) is 3.43. The number of amides is 1. The number of aromatic nitrogens is 1. The van der Waals surface area contributed by atoms with Crippen LogP contribution in [0.25, 0.3) is 6.08 Å². The van der Waals surface area contributed by atoms with E-state index in [4.69, 9.17) is 0 Å². The van der Waals surface area contributed by atoms with Crippen molar-refractivity contribution in [3.63, 3.8) is 0 Å². The SMILES string of the molecule is CC1(C)CCC(NC(=O)/C=C/c2cccnc2)C1. The van der Waals surface area contributed by atoms with Gasteiger partial charge in [0.05, 0.1) is 0 Å². The van der Waals surface area contributed by atoms with E-state index >= 15 is 0 Å². The summed E-state index contributed by atoms with van der Waals surface area (Å²) < 4.78 is 0. The Morgan fingerprint density at radius 1 is 1.56 bits per heavy atom. The summed E-state index contributed by atoms with van der Waals surface area (Å²) in [7, 11) is 0. The number of nitrogens with one attached hydrogen (secondary N) is 1. The van der Waals surface area contributed by atoms with Crippen LogP contribution in [0.1, 0.15) is 38.7 Å². The zero-order chi connectivity index (χ0) is 13.0. The van der Waals surface area contributed by atoms with Gasteiger partial charge in [-0.3, -0.25) is 9.78 Å². The van der Waals surface area contributed by atoms with Gasteiger partial charge in [-0.2, -0.15) is 0 Å². The van der Waals surface area contributed by atoms with E-state index in [9.17, 15) is 4.79 Å². The first-order chi connectivity index (χ1) is 8.55. The van der Waals surface area contributed by atoms with Gasteiger partial charge >= 0.3 is 0 Å². The normalized spacial score (nSPS) is 22.2. The molecule has 2 rings (SSSR count). The first-order valence-corrected chi connectivity index (χ1v) is 6.44. The lowest BCUT2D eigenvalue weighted by Crippen LogP contribution is -2.32. The van der Waals surface area contributed by atoms with Crippen LogP contribution in [0.4, 0.5) is 0 Å². The molecule has 1 atom stereocenters. The Morgan fingerprint density at radius 2 is 2.39 bits per heavy atom. The Bertz CT molecular complexity index is 437. The summed E-state index contributed by atoms with van der Waals surface area (Å²) in [4.78, 5) is 15.8. The van der Waals surface area contributed by atoms with E-state index in [0.717, 1.165) is 18.4 Å². The Morgan fingerprint density at radius 3 is 3.00 bits per heavy atom. The molecule has 0 aliphatic heterocycles. The summed E-state index contributed by atoms with van der Waals surface area (Å²) in [6, 6.07) is 4.11. The maximum absolute atomic E-state index is 11.8. The monoisotopic (exact) mass is 244 g/mol. The molecule has 1 amide bonds. The van der Waals surface area contributed by atoms with Crippen LogP contribution < -0.4 is 5.32 Å². The minimum absolute atomic E-state index is 0.0125. The molecule has 1 N–H and O–H groups in total. The van der Waals surface area contributed by atoms with Crippen molar-refractivity contribution in [2.75, 3.05) is 0 Å². The van der Waals surface area contributed by atoms with E-state index in [0.29, 0.717) is 11.5 Å². The molecule has 0 spiro atoms. The number of hydrogen-bond acceptors (Lipinski definition) is 2. The second-order valence-electron chi connectivity index (χ2n) is 5.73. The lowest BCUT2D eigenvalue weighted by atomic mass is 9.92. The number of rotatable bonds is 3. The highest BCUT2D eigenvalue weighted by Crippen LogP contribution is 2.36. The van der Waals surface area contributed by atoms with Crippen molar-refractivity contribution >= 4 is 12.0 Å². The van der Waals surface area contributed by atoms with Crippen molar-refractivity contribution < 1.29 is 4.79 Å². The molecule has 1 heterocycles. The Hall–Kier alpha value is -1.64. The zero-order valence-corrected chi connectivity index (χ0v) is 11.0. The standard InChI is InChI=1S/C15H20N2O/c1-15(2)8-7-13(10-15)17-14(18)6-5-12-4-3-9-16-11-12/h3-6,9,11,13H,7-8,10H2,1-2H3,(H,17,18)/b6-5+. The third kappa shape index (κ3) is 3.69. The molecule has 0 bridgehead atoms. The summed E-state index contributed by atoms with van der Waals surface area (Å²) in [6.45, 7) is 4.51. The highest BCUT2D eigenvalue weighted by Gasteiger charge is 2.31. The van der Waals surface area contributed by atoms with Crippen LogP contribution in [-0.2, 0) is 4.79 Å². The predicted molar refractivity (Wildman–Crippen MR) is 72.8 cm³/mol. The van der Waals surface area contributed by atoms with Gasteiger partial charge in [0.25, 0.3) is 0 Å². The molecule has 1 aromatic rings. The fourth-order valence-electron chi connectivity index (χ4n) is 2.46. The van der Waals surface area contributed by atoms with E-state index in [2.05, 4.69) is 24.1 Å². The molecule has 0 aromatic carbocycles. The molecule has 18 heavy (non-hydrogen) atoms. The molecule has 96 valence electrons. The first kappa shape index (κ1) is 12.8. The van der Waals surface area contributed by atoms with Crippen molar-refractivity contribution in [3.8, 4) is 0 Å². The van der Waals surface area contributed by atoms with Gasteiger partial charge < -0.3 is 5.32 Å². The first-order valence-electron chi connectivity index (χ1n) is 6.44. The van der Waals surface area contributed by atoms with Crippen molar-refractivity contribution in [2.24, 2.45) is 5.41 Å². The number of hydrogen-bond donors (Lipinski definition) is 1. The van der Waals surface area contributed by atoms with Gasteiger partial charge in [0.15, 0.2) is 0 Å². The molecule has 1 fully saturated rings. The number of pyridine rings is 1. The van der Waals surface area contributed by atoms with Gasteiger partial charge in [-0.05, 0) is 42.4 Å². The largest absolute Gasteiger partial charge is 0.350 e. The molecular weight excluding hydrogens is 224 g/mol. The zero-order valence-electron chi connectivity index (χ0n) is 11.0. The minimum Gasteiger partial charge on any atom is -0.350 e. The molecule has 1 aromatic heterocycles. The third-order valence-corrected chi connectivity index (χ3v) is 3.43. The van der Waals surface area contributed by atoms with Crippen LogP contribution in [0.5, 0.6) is 0 Å². The summed E-state index contributed by atoms with van der Waals surface area (Å²) in [5.41, 5.74) is 1.31.